The minimum absolute atomic E-state index is 0.219. The van der Waals surface area contributed by atoms with Gasteiger partial charge in [-0.2, -0.15) is 0 Å². The molecule has 2 aliphatic heterocycles. The number of aryl methyl sites for hydroxylation is 1. The summed E-state index contributed by atoms with van der Waals surface area (Å²) in [5.41, 5.74) is 2.56. The quantitative estimate of drug-likeness (QED) is 0.512. The van der Waals surface area contributed by atoms with Gasteiger partial charge in [-0.3, -0.25) is 14.5 Å². The molecule has 33 heavy (non-hydrogen) atoms. The van der Waals surface area contributed by atoms with Gasteiger partial charge in [0.15, 0.2) is 17.3 Å². The van der Waals surface area contributed by atoms with Crippen molar-refractivity contribution in [2.75, 3.05) is 20.4 Å². The first-order valence-corrected chi connectivity index (χ1v) is 11.5. The first-order valence-electron chi connectivity index (χ1n) is 11.5. The number of ether oxygens (including phenoxy) is 2. The van der Waals surface area contributed by atoms with E-state index in [-0.39, 0.29) is 31.1 Å². The number of carbonyl (C=O) groups is 3. The van der Waals surface area contributed by atoms with Crippen LogP contribution in [0, 0.1) is 13.8 Å². The molecule has 0 bridgehead atoms. The van der Waals surface area contributed by atoms with Crippen LogP contribution in [0.1, 0.15) is 59.4 Å². The topological polar surface area (TPSA) is 81.1 Å². The number of hydrogen-bond donors (Lipinski definition) is 0. The lowest BCUT2D eigenvalue weighted by atomic mass is 9.80. The van der Waals surface area contributed by atoms with Crippen molar-refractivity contribution in [1.82, 2.24) is 14.4 Å². The Kier molecular flexibility index (Phi) is 5.18. The molecule has 8 heteroatoms. The number of aromatic nitrogens is 1. The normalized spacial score (nSPS) is 19.1. The Hall–Kier alpha value is -3.29. The molecule has 3 aliphatic rings. The van der Waals surface area contributed by atoms with Crippen LogP contribution in [0.4, 0.5) is 4.79 Å². The minimum atomic E-state index is -0.772. The average Bonchev–Trinajstić information content (AvgIpc) is 3.44. The SMILES string of the molecule is Cc1cc(C(=O)CN2C(=O)N(C)C3(CCCCC3)C2=O)c(C)n1Cc1ccc2c(c1)OCO2. The van der Waals surface area contributed by atoms with Crippen LogP contribution in [0.25, 0.3) is 0 Å². The van der Waals surface area contributed by atoms with Gasteiger partial charge in [0.2, 0.25) is 6.79 Å². The van der Waals surface area contributed by atoms with E-state index in [1.54, 1.807) is 11.9 Å². The van der Waals surface area contributed by atoms with E-state index >= 15 is 0 Å². The van der Waals surface area contributed by atoms with E-state index in [9.17, 15) is 14.4 Å². The summed E-state index contributed by atoms with van der Waals surface area (Å²) in [5.74, 6) is 1.01. The van der Waals surface area contributed by atoms with E-state index in [4.69, 9.17) is 9.47 Å². The lowest BCUT2D eigenvalue weighted by molar-refractivity contribution is -0.134. The van der Waals surface area contributed by atoms with Crippen LogP contribution in [0.15, 0.2) is 24.3 Å². The molecule has 8 nitrogen and oxygen atoms in total. The summed E-state index contributed by atoms with van der Waals surface area (Å²) in [6.45, 7) is 4.43. The summed E-state index contributed by atoms with van der Waals surface area (Å²) in [6, 6.07) is 7.29. The molecule has 2 aromatic rings. The highest BCUT2D eigenvalue weighted by Crippen LogP contribution is 2.39. The van der Waals surface area contributed by atoms with Crippen molar-refractivity contribution in [3.8, 4) is 11.5 Å². The first-order chi connectivity index (χ1) is 15.8. The van der Waals surface area contributed by atoms with Gasteiger partial charge in [-0.05, 0) is 50.5 Å². The Bertz CT molecular complexity index is 1150. The molecule has 1 spiro atoms. The van der Waals surface area contributed by atoms with Crippen LogP contribution in [0.2, 0.25) is 0 Å². The Morgan fingerprint density at radius 3 is 2.52 bits per heavy atom. The molecule has 0 radical (unpaired) electrons. The van der Waals surface area contributed by atoms with E-state index in [2.05, 4.69) is 4.57 Å². The van der Waals surface area contributed by atoms with Crippen LogP contribution in [0.5, 0.6) is 11.5 Å². The van der Waals surface area contributed by atoms with Crippen LogP contribution in [-0.4, -0.2) is 58.0 Å². The number of fused-ring (bicyclic) bond motifs is 1. The monoisotopic (exact) mass is 451 g/mol. The molecule has 0 unspecified atom stereocenters. The fourth-order valence-corrected chi connectivity index (χ4v) is 5.45. The van der Waals surface area contributed by atoms with Crippen molar-refractivity contribution < 1.29 is 23.9 Å². The summed E-state index contributed by atoms with van der Waals surface area (Å²) in [5, 5.41) is 0. The molecular weight excluding hydrogens is 422 g/mol. The second-order valence-corrected chi connectivity index (χ2v) is 9.31. The zero-order chi connectivity index (χ0) is 23.3. The number of amides is 3. The third kappa shape index (κ3) is 3.39. The van der Waals surface area contributed by atoms with Gasteiger partial charge in [0.1, 0.15) is 5.54 Å². The van der Waals surface area contributed by atoms with Crippen molar-refractivity contribution >= 4 is 17.7 Å². The molecule has 5 rings (SSSR count). The summed E-state index contributed by atoms with van der Waals surface area (Å²) < 4.78 is 12.9. The number of benzene rings is 1. The van der Waals surface area contributed by atoms with Gasteiger partial charge in [0.25, 0.3) is 5.91 Å². The molecular formula is C25H29N3O5. The number of ketones is 1. The highest BCUT2D eigenvalue weighted by Gasteiger charge is 2.55. The van der Waals surface area contributed by atoms with Crippen molar-refractivity contribution in [3.63, 3.8) is 0 Å². The van der Waals surface area contributed by atoms with Gasteiger partial charge >= 0.3 is 6.03 Å². The van der Waals surface area contributed by atoms with Crippen LogP contribution < -0.4 is 9.47 Å². The van der Waals surface area contributed by atoms with Gasteiger partial charge in [-0.25, -0.2) is 4.79 Å². The molecule has 1 saturated carbocycles. The number of nitrogens with zero attached hydrogens (tertiary/aromatic N) is 3. The smallest absolute Gasteiger partial charge is 0.327 e. The summed E-state index contributed by atoms with van der Waals surface area (Å²) in [7, 11) is 1.69. The maximum Gasteiger partial charge on any atom is 0.327 e. The third-order valence-corrected chi connectivity index (χ3v) is 7.44. The Balaban J connectivity index is 1.35. The molecule has 0 N–H and O–H groups in total. The molecule has 1 aromatic heterocycles. The molecule has 1 saturated heterocycles. The molecule has 2 fully saturated rings. The van der Waals surface area contributed by atoms with Gasteiger partial charge in [-0.15, -0.1) is 0 Å². The van der Waals surface area contributed by atoms with E-state index < -0.39 is 5.54 Å². The van der Waals surface area contributed by atoms with Crippen molar-refractivity contribution in [2.45, 2.75) is 58.0 Å². The standard InChI is InChI=1S/C25H29N3O5/c1-16-11-19(17(2)27(16)13-18-7-8-21-22(12-18)33-15-32-21)20(29)14-28-23(30)25(26(3)24(28)31)9-5-4-6-10-25/h7-8,11-12H,4-6,9-10,13-15H2,1-3H3. The largest absolute Gasteiger partial charge is 0.454 e. The third-order valence-electron chi connectivity index (χ3n) is 7.44. The summed E-state index contributed by atoms with van der Waals surface area (Å²) >= 11 is 0. The minimum Gasteiger partial charge on any atom is -0.454 e. The predicted molar refractivity (Wildman–Crippen MR) is 121 cm³/mol. The number of Topliss-reactive ketones (excluding diaryl/α,β-unsaturated/α-hetero) is 1. The Labute approximate surface area is 193 Å². The van der Waals surface area contributed by atoms with Gasteiger partial charge < -0.3 is 18.9 Å². The maximum atomic E-state index is 13.2. The predicted octanol–water partition coefficient (Wildman–Crippen LogP) is 3.66. The lowest BCUT2D eigenvalue weighted by Gasteiger charge is -2.35. The van der Waals surface area contributed by atoms with E-state index in [0.717, 1.165) is 52.6 Å². The van der Waals surface area contributed by atoms with E-state index in [1.807, 2.05) is 38.1 Å². The average molecular weight is 452 g/mol. The summed E-state index contributed by atoms with van der Waals surface area (Å²) in [6.07, 6.45) is 4.26. The number of likely N-dealkylation sites (N-methyl/N-ethyl adjacent to an activating group) is 1. The summed E-state index contributed by atoms with van der Waals surface area (Å²) in [4.78, 5) is 42.1. The fraction of sp³-hybridized carbons (Fsp3) is 0.480. The number of urea groups is 1. The van der Waals surface area contributed by atoms with Crippen LogP contribution in [-0.2, 0) is 11.3 Å². The second kappa shape index (κ2) is 7.93. The maximum absolute atomic E-state index is 13.2. The van der Waals surface area contributed by atoms with Crippen molar-refractivity contribution in [2.24, 2.45) is 0 Å². The second-order valence-electron chi connectivity index (χ2n) is 9.31. The molecule has 174 valence electrons. The number of imide groups is 1. The van der Waals surface area contributed by atoms with E-state index in [1.165, 1.54) is 0 Å². The number of rotatable bonds is 5. The van der Waals surface area contributed by atoms with Crippen molar-refractivity contribution in [1.29, 1.82) is 0 Å². The molecule has 0 atom stereocenters. The van der Waals surface area contributed by atoms with Gasteiger partial charge in [-0.1, -0.05) is 25.3 Å². The number of carbonyl (C=O) groups excluding carboxylic acids is 3. The highest BCUT2D eigenvalue weighted by atomic mass is 16.7. The molecule has 3 heterocycles. The molecule has 1 aromatic carbocycles. The molecule has 1 aliphatic carbocycles. The van der Waals surface area contributed by atoms with Gasteiger partial charge in [0, 0.05) is 30.5 Å². The zero-order valence-electron chi connectivity index (χ0n) is 19.3. The zero-order valence-corrected chi connectivity index (χ0v) is 19.3. The Morgan fingerprint density at radius 1 is 1.03 bits per heavy atom. The first kappa shape index (κ1) is 21.6. The van der Waals surface area contributed by atoms with Crippen LogP contribution >= 0.6 is 0 Å². The molecule has 3 amide bonds. The fourth-order valence-electron chi connectivity index (χ4n) is 5.45. The number of hydrogen-bond acceptors (Lipinski definition) is 5. The van der Waals surface area contributed by atoms with E-state index in [0.29, 0.717) is 24.9 Å². The van der Waals surface area contributed by atoms with Crippen molar-refractivity contribution in [3.05, 3.63) is 46.8 Å². The van der Waals surface area contributed by atoms with Gasteiger partial charge in [0.05, 0.1) is 6.54 Å². The van der Waals surface area contributed by atoms with Crippen LogP contribution in [0.3, 0.4) is 0 Å². The lowest BCUT2D eigenvalue weighted by Crippen LogP contribution is -2.49. The Morgan fingerprint density at radius 2 is 1.76 bits per heavy atom. The highest BCUT2D eigenvalue weighted by molar-refractivity contribution is 6.11.